The SMILES string of the molecule is CCOc1cccc(N2C(=O)C(c3ccc(Cl)cc3)=C(N3CCOCC3)C2=O)c1. The third-order valence-electron chi connectivity index (χ3n) is 4.91. The van der Waals surface area contributed by atoms with E-state index in [1.54, 1.807) is 48.5 Å². The first-order valence-corrected chi connectivity index (χ1v) is 9.92. The van der Waals surface area contributed by atoms with Gasteiger partial charge in [0, 0.05) is 24.2 Å². The highest BCUT2D eigenvalue weighted by molar-refractivity contribution is 6.45. The van der Waals surface area contributed by atoms with Crippen LogP contribution >= 0.6 is 11.6 Å². The molecule has 2 aromatic carbocycles. The summed E-state index contributed by atoms with van der Waals surface area (Å²) < 4.78 is 11.0. The molecule has 7 heteroatoms. The Hall–Kier alpha value is -2.83. The van der Waals surface area contributed by atoms with E-state index in [-0.39, 0.29) is 11.8 Å². The van der Waals surface area contributed by atoms with Crippen LogP contribution in [0.25, 0.3) is 5.57 Å². The lowest BCUT2D eigenvalue weighted by molar-refractivity contribution is -0.121. The largest absolute Gasteiger partial charge is 0.494 e. The zero-order chi connectivity index (χ0) is 20.4. The van der Waals surface area contributed by atoms with Gasteiger partial charge in [0.05, 0.1) is 31.1 Å². The maximum Gasteiger partial charge on any atom is 0.282 e. The van der Waals surface area contributed by atoms with Crippen molar-refractivity contribution in [2.45, 2.75) is 6.92 Å². The molecule has 2 aliphatic heterocycles. The van der Waals surface area contributed by atoms with E-state index in [0.29, 0.717) is 66.2 Å². The van der Waals surface area contributed by atoms with E-state index in [2.05, 4.69) is 0 Å². The summed E-state index contributed by atoms with van der Waals surface area (Å²) in [5.41, 5.74) is 1.94. The van der Waals surface area contributed by atoms with Gasteiger partial charge in [-0.3, -0.25) is 9.59 Å². The molecule has 0 radical (unpaired) electrons. The van der Waals surface area contributed by atoms with Gasteiger partial charge >= 0.3 is 0 Å². The van der Waals surface area contributed by atoms with Gasteiger partial charge in [-0.05, 0) is 36.8 Å². The van der Waals surface area contributed by atoms with Gasteiger partial charge in [-0.1, -0.05) is 29.8 Å². The third kappa shape index (κ3) is 3.73. The fraction of sp³-hybridized carbons (Fsp3) is 0.273. The standard InChI is InChI=1S/C22H21ClN2O4/c1-2-29-18-5-3-4-17(14-18)25-21(26)19(15-6-8-16(23)9-7-15)20(22(25)27)24-10-12-28-13-11-24/h3-9,14H,2,10-13H2,1H3. The molecule has 150 valence electrons. The number of ether oxygens (including phenoxy) is 2. The van der Waals surface area contributed by atoms with Gasteiger partial charge in [0.2, 0.25) is 0 Å². The number of anilines is 1. The molecule has 2 aliphatic rings. The third-order valence-corrected chi connectivity index (χ3v) is 5.16. The van der Waals surface area contributed by atoms with Crippen LogP contribution < -0.4 is 9.64 Å². The average molecular weight is 413 g/mol. The number of benzene rings is 2. The van der Waals surface area contributed by atoms with Crippen LogP contribution in [0.15, 0.2) is 54.2 Å². The van der Waals surface area contributed by atoms with Crippen molar-refractivity contribution in [2.24, 2.45) is 0 Å². The van der Waals surface area contributed by atoms with Gasteiger partial charge in [-0.15, -0.1) is 0 Å². The van der Waals surface area contributed by atoms with Gasteiger partial charge in [0.1, 0.15) is 11.4 Å². The lowest BCUT2D eigenvalue weighted by atomic mass is 10.0. The zero-order valence-corrected chi connectivity index (χ0v) is 16.8. The zero-order valence-electron chi connectivity index (χ0n) is 16.1. The summed E-state index contributed by atoms with van der Waals surface area (Å²) in [6, 6.07) is 14.0. The first-order chi connectivity index (χ1) is 14.1. The summed E-state index contributed by atoms with van der Waals surface area (Å²) in [5.74, 6) is -0.0820. The van der Waals surface area contributed by atoms with Crippen LogP contribution in [0.1, 0.15) is 12.5 Å². The second-order valence-corrected chi connectivity index (χ2v) is 7.14. The summed E-state index contributed by atoms with van der Waals surface area (Å²) in [7, 11) is 0. The van der Waals surface area contributed by atoms with Crippen LogP contribution in [-0.2, 0) is 14.3 Å². The Labute approximate surface area is 174 Å². The Bertz CT molecular complexity index is 965. The monoisotopic (exact) mass is 412 g/mol. The van der Waals surface area contributed by atoms with Crippen LogP contribution in [0.3, 0.4) is 0 Å². The quantitative estimate of drug-likeness (QED) is 0.705. The molecule has 0 aliphatic carbocycles. The van der Waals surface area contributed by atoms with E-state index in [1.165, 1.54) is 4.90 Å². The molecular formula is C22H21ClN2O4. The number of carbonyl (C=O) groups excluding carboxylic acids is 2. The maximum absolute atomic E-state index is 13.4. The van der Waals surface area contributed by atoms with Crippen molar-refractivity contribution < 1.29 is 19.1 Å². The maximum atomic E-state index is 13.4. The lowest BCUT2D eigenvalue weighted by Gasteiger charge is -2.29. The first kappa shape index (κ1) is 19.5. The number of hydrogen-bond donors (Lipinski definition) is 0. The Kier molecular flexibility index (Phi) is 5.56. The highest BCUT2D eigenvalue weighted by Crippen LogP contribution is 2.36. The van der Waals surface area contributed by atoms with Crippen molar-refractivity contribution >= 4 is 34.7 Å². The number of imide groups is 1. The molecule has 0 bridgehead atoms. The molecule has 0 unspecified atom stereocenters. The molecule has 2 aromatic rings. The fourth-order valence-corrected chi connectivity index (χ4v) is 3.71. The van der Waals surface area contributed by atoms with Crippen molar-refractivity contribution in [3.05, 3.63) is 64.8 Å². The fourth-order valence-electron chi connectivity index (χ4n) is 3.59. The minimum atomic E-state index is -0.354. The molecule has 0 aromatic heterocycles. The molecule has 4 rings (SSSR count). The van der Waals surface area contributed by atoms with Crippen molar-refractivity contribution in [1.82, 2.24) is 4.90 Å². The van der Waals surface area contributed by atoms with Gasteiger partial charge in [-0.2, -0.15) is 0 Å². The summed E-state index contributed by atoms with van der Waals surface area (Å²) in [6.07, 6.45) is 0. The van der Waals surface area contributed by atoms with Crippen LogP contribution in [0.5, 0.6) is 5.75 Å². The van der Waals surface area contributed by atoms with Gasteiger partial charge in [-0.25, -0.2) is 4.90 Å². The smallest absolute Gasteiger partial charge is 0.282 e. The lowest BCUT2D eigenvalue weighted by Crippen LogP contribution is -2.40. The molecule has 6 nitrogen and oxygen atoms in total. The Morgan fingerprint density at radius 1 is 1.03 bits per heavy atom. The van der Waals surface area contributed by atoms with Gasteiger partial charge in [0.15, 0.2) is 0 Å². The highest BCUT2D eigenvalue weighted by atomic mass is 35.5. The summed E-state index contributed by atoms with van der Waals surface area (Å²) in [5, 5.41) is 0.570. The predicted molar refractivity (Wildman–Crippen MR) is 111 cm³/mol. The summed E-state index contributed by atoms with van der Waals surface area (Å²) >= 11 is 6.02. The van der Waals surface area contributed by atoms with Crippen molar-refractivity contribution in [3.63, 3.8) is 0 Å². The molecule has 29 heavy (non-hydrogen) atoms. The van der Waals surface area contributed by atoms with Crippen molar-refractivity contribution in [3.8, 4) is 5.75 Å². The number of amides is 2. The first-order valence-electron chi connectivity index (χ1n) is 9.54. The topological polar surface area (TPSA) is 59.1 Å². The molecule has 0 saturated carbocycles. The van der Waals surface area contributed by atoms with E-state index in [0.717, 1.165) is 0 Å². The predicted octanol–water partition coefficient (Wildman–Crippen LogP) is 3.36. The number of nitrogens with zero attached hydrogens (tertiary/aromatic N) is 2. The van der Waals surface area contributed by atoms with Crippen molar-refractivity contribution in [2.75, 3.05) is 37.8 Å². The molecule has 2 amide bonds. The molecule has 0 spiro atoms. The number of halogens is 1. The molecule has 2 heterocycles. The molecule has 0 N–H and O–H groups in total. The van der Waals surface area contributed by atoms with E-state index < -0.39 is 0 Å². The molecule has 1 saturated heterocycles. The number of morpholine rings is 1. The second-order valence-electron chi connectivity index (χ2n) is 6.71. The van der Waals surface area contributed by atoms with E-state index in [4.69, 9.17) is 21.1 Å². The second kappa shape index (κ2) is 8.27. The van der Waals surface area contributed by atoms with Crippen LogP contribution in [-0.4, -0.2) is 49.6 Å². The number of rotatable bonds is 5. The Morgan fingerprint density at radius 2 is 1.76 bits per heavy atom. The molecular weight excluding hydrogens is 392 g/mol. The van der Waals surface area contributed by atoms with E-state index >= 15 is 0 Å². The van der Waals surface area contributed by atoms with Gasteiger partial charge < -0.3 is 14.4 Å². The van der Waals surface area contributed by atoms with E-state index in [9.17, 15) is 9.59 Å². The number of hydrogen-bond acceptors (Lipinski definition) is 5. The normalized spacial score (nSPS) is 17.3. The number of carbonyl (C=O) groups is 2. The van der Waals surface area contributed by atoms with Crippen molar-refractivity contribution in [1.29, 1.82) is 0 Å². The Morgan fingerprint density at radius 3 is 2.45 bits per heavy atom. The van der Waals surface area contributed by atoms with Crippen LogP contribution in [0.4, 0.5) is 5.69 Å². The van der Waals surface area contributed by atoms with Gasteiger partial charge in [0.25, 0.3) is 11.8 Å². The van der Waals surface area contributed by atoms with Crippen LogP contribution in [0, 0.1) is 0 Å². The van der Waals surface area contributed by atoms with Crippen LogP contribution in [0.2, 0.25) is 5.02 Å². The minimum absolute atomic E-state index is 0.338. The molecule has 1 fully saturated rings. The minimum Gasteiger partial charge on any atom is -0.494 e. The summed E-state index contributed by atoms with van der Waals surface area (Å²) in [6.45, 7) is 4.52. The highest BCUT2D eigenvalue weighted by Gasteiger charge is 2.42. The average Bonchev–Trinajstić information content (AvgIpc) is 3.00. The molecule has 0 atom stereocenters. The Balaban J connectivity index is 1.79. The van der Waals surface area contributed by atoms with E-state index in [1.807, 2.05) is 11.8 Å². The summed E-state index contributed by atoms with van der Waals surface area (Å²) in [4.78, 5) is 30.0.